The SMILES string of the molecule is CCSc1cc(Br)cnc1C(=O)CC.CCSc1cc(Br)cnc1C(CC)=NO. The van der Waals surface area contributed by atoms with E-state index < -0.39 is 0 Å². The van der Waals surface area contributed by atoms with Crippen molar-refractivity contribution in [3.05, 3.63) is 44.9 Å². The van der Waals surface area contributed by atoms with Gasteiger partial charge in [-0.1, -0.05) is 32.9 Å². The van der Waals surface area contributed by atoms with Crippen LogP contribution in [-0.2, 0) is 0 Å². The van der Waals surface area contributed by atoms with Crippen LogP contribution in [0, 0.1) is 0 Å². The molecule has 0 atom stereocenters. The standard InChI is InChI=1S/C10H13BrN2OS.C10H12BrNOS/c1-3-8(13-14)10-9(15-4-2)5-7(11)6-12-10;1-3-8(13)10-9(14-4-2)5-7(11)6-12-10/h5-6,14H,3-4H2,1-2H3;5-6H,3-4H2,1-2H3. The fourth-order valence-electron chi connectivity index (χ4n) is 2.25. The van der Waals surface area contributed by atoms with Crippen LogP contribution >= 0.6 is 55.4 Å². The molecule has 0 bridgehead atoms. The minimum Gasteiger partial charge on any atom is -0.411 e. The van der Waals surface area contributed by atoms with E-state index in [4.69, 9.17) is 5.21 Å². The third-order valence-electron chi connectivity index (χ3n) is 3.55. The Morgan fingerprint density at radius 2 is 1.41 bits per heavy atom. The first kappa shape index (κ1) is 26.1. The van der Waals surface area contributed by atoms with Crippen molar-refractivity contribution in [2.24, 2.45) is 5.16 Å². The van der Waals surface area contributed by atoms with Crippen molar-refractivity contribution in [2.75, 3.05) is 11.5 Å². The second kappa shape index (κ2) is 14.2. The lowest BCUT2D eigenvalue weighted by molar-refractivity contribution is 0.0980. The molecule has 0 saturated carbocycles. The van der Waals surface area contributed by atoms with Gasteiger partial charge in [0.05, 0.1) is 0 Å². The molecule has 0 aliphatic carbocycles. The largest absolute Gasteiger partial charge is 0.411 e. The molecule has 0 unspecified atom stereocenters. The molecule has 2 rings (SSSR count). The molecular weight excluding hydrogens is 538 g/mol. The topological polar surface area (TPSA) is 75.4 Å². The number of Topliss-reactive ketones (excluding diaryl/α,β-unsaturated/α-hetero) is 1. The van der Waals surface area contributed by atoms with Crippen molar-refractivity contribution in [1.82, 2.24) is 9.97 Å². The van der Waals surface area contributed by atoms with E-state index in [0.29, 0.717) is 24.2 Å². The molecule has 158 valence electrons. The van der Waals surface area contributed by atoms with Gasteiger partial charge < -0.3 is 5.21 Å². The Balaban J connectivity index is 0.000000291. The molecule has 0 spiro atoms. The monoisotopic (exact) mass is 561 g/mol. The molecule has 1 N–H and O–H groups in total. The molecule has 0 radical (unpaired) electrons. The van der Waals surface area contributed by atoms with Crippen LogP contribution in [0.1, 0.15) is 56.7 Å². The highest BCUT2D eigenvalue weighted by molar-refractivity contribution is 9.10. The second-order valence-electron chi connectivity index (χ2n) is 5.54. The predicted octanol–water partition coefficient (Wildman–Crippen LogP) is 7.09. The number of ketones is 1. The van der Waals surface area contributed by atoms with E-state index in [2.05, 4.69) is 60.8 Å². The number of carbonyl (C=O) groups is 1. The first-order chi connectivity index (χ1) is 13.9. The number of pyridine rings is 2. The number of nitrogens with zero attached hydrogens (tertiary/aromatic N) is 3. The Labute approximate surface area is 197 Å². The van der Waals surface area contributed by atoms with E-state index in [0.717, 1.165) is 35.9 Å². The third-order valence-corrected chi connectivity index (χ3v) is 6.24. The summed E-state index contributed by atoms with van der Waals surface area (Å²) in [5.74, 6) is 2.02. The summed E-state index contributed by atoms with van der Waals surface area (Å²) in [7, 11) is 0. The molecule has 0 aliphatic rings. The maximum absolute atomic E-state index is 11.5. The van der Waals surface area contributed by atoms with Gasteiger partial charge in [0, 0.05) is 37.6 Å². The van der Waals surface area contributed by atoms with Crippen molar-refractivity contribution in [2.45, 2.75) is 50.3 Å². The third kappa shape index (κ3) is 8.39. The average molecular weight is 563 g/mol. The van der Waals surface area contributed by atoms with Crippen molar-refractivity contribution < 1.29 is 10.0 Å². The quantitative estimate of drug-likeness (QED) is 0.122. The number of thioether (sulfide) groups is 2. The first-order valence-electron chi connectivity index (χ1n) is 9.22. The zero-order valence-electron chi connectivity index (χ0n) is 16.9. The molecular formula is C20H25Br2N3O2S2. The summed E-state index contributed by atoms with van der Waals surface area (Å²) in [5.41, 5.74) is 2.00. The summed E-state index contributed by atoms with van der Waals surface area (Å²) in [6.45, 7) is 7.94. The number of hydrogen-bond acceptors (Lipinski definition) is 7. The predicted molar refractivity (Wildman–Crippen MR) is 130 cm³/mol. The van der Waals surface area contributed by atoms with Crippen LogP contribution in [0.3, 0.4) is 0 Å². The molecule has 2 aromatic rings. The van der Waals surface area contributed by atoms with Crippen LogP contribution in [0.2, 0.25) is 0 Å². The molecule has 0 fully saturated rings. The molecule has 5 nitrogen and oxygen atoms in total. The van der Waals surface area contributed by atoms with Gasteiger partial charge in [-0.05, 0) is 61.9 Å². The molecule has 2 aromatic heterocycles. The Morgan fingerprint density at radius 1 is 0.931 bits per heavy atom. The fraction of sp³-hybridized carbons (Fsp3) is 0.400. The lowest BCUT2D eigenvalue weighted by atomic mass is 10.2. The Morgan fingerprint density at radius 3 is 1.83 bits per heavy atom. The average Bonchev–Trinajstić information content (AvgIpc) is 2.71. The molecule has 0 aliphatic heterocycles. The van der Waals surface area contributed by atoms with Crippen LogP contribution in [-0.4, -0.2) is 38.2 Å². The minimum absolute atomic E-state index is 0.105. The Kier molecular flexibility index (Phi) is 12.8. The molecule has 0 amide bonds. The summed E-state index contributed by atoms with van der Waals surface area (Å²) in [6, 6.07) is 3.95. The molecule has 29 heavy (non-hydrogen) atoms. The first-order valence-corrected chi connectivity index (χ1v) is 12.8. The van der Waals surface area contributed by atoms with Crippen LogP contribution in [0.25, 0.3) is 0 Å². The van der Waals surface area contributed by atoms with Crippen molar-refractivity contribution >= 4 is 66.9 Å². The molecule has 0 aromatic carbocycles. The molecule has 2 heterocycles. The van der Waals surface area contributed by atoms with E-state index in [-0.39, 0.29) is 5.78 Å². The zero-order chi connectivity index (χ0) is 21.8. The van der Waals surface area contributed by atoms with Gasteiger partial charge in [0.1, 0.15) is 17.1 Å². The summed E-state index contributed by atoms with van der Waals surface area (Å²) in [5, 5.41) is 12.1. The van der Waals surface area contributed by atoms with Crippen LogP contribution in [0.5, 0.6) is 0 Å². The fourth-order valence-corrected chi connectivity index (χ4v) is 4.87. The van der Waals surface area contributed by atoms with Gasteiger partial charge in [-0.25, -0.2) is 0 Å². The lowest BCUT2D eigenvalue weighted by Gasteiger charge is -2.07. The number of oxime groups is 1. The highest BCUT2D eigenvalue weighted by Gasteiger charge is 2.12. The van der Waals surface area contributed by atoms with Gasteiger partial charge in [0.2, 0.25) is 0 Å². The number of aromatic nitrogens is 2. The molecule has 9 heteroatoms. The summed E-state index contributed by atoms with van der Waals surface area (Å²) in [6.07, 6.45) is 4.56. The maximum atomic E-state index is 11.5. The van der Waals surface area contributed by atoms with Gasteiger partial charge in [0.25, 0.3) is 0 Å². The summed E-state index contributed by atoms with van der Waals surface area (Å²) in [4.78, 5) is 22.0. The Hall–Kier alpha value is -0.900. The van der Waals surface area contributed by atoms with Gasteiger partial charge in [0.15, 0.2) is 5.78 Å². The van der Waals surface area contributed by atoms with Gasteiger partial charge in [-0.2, -0.15) is 0 Å². The summed E-state index contributed by atoms with van der Waals surface area (Å²) >= 11 is 10.1. The number of rotatable bonds is 8. The van der Waals surface area contributed by atoms with Crippen LogP contribution in [0.15, 0.2) is 48.4 Å². The maximum Gasteiger partial charge on any atom is 0.182 e. The van der Waals surface area contributed by atoms with Gasteiger partial charge in [-0.15, -0.1) is 23.5 Å². The Bertz CT molecular complexity index is 848. The highest BCUT2D eigenvalue weighted by Crippen LogP contribution is 2.26. The summed E-state index contributed by atoms with van der Waals surface area (Å²) < 4.78 is 1.86. The van der Waals surface area contributed by atoms with Gasteiger partial charge >= 0.3 is 0 Å². The molecule has 0 saturated heterocycles. The van der Waals surface area contributed by atoms with Crippen molar-refractivity contribution in [1.29, 1.82) is 0 Å². The lowest BCUT2D eigenvalue weighted by Crippen LogP contribution is -2.04. The number of halogens is 2. The van der Waals surface area contributed by atoms with Gasteiger partial charge in [-0.3, -0.25) is 14.8 Å². The number of carbonyl (C=O) groups excluding carboxylic acids is 1. The second-order valence-corrected chi connectivity index (χ2v) is 9.99. The van der Waals surface area contributed by atoms with Crippen LogP contribution < -0.4 is 0 Å². The van der Waals surface area contributed by atoms with Crippen molar-refractivity contribution in [3.63, 3.8) is 0 Å². The van der Waals surface area contributed by atoms with Crippen molar-refractivity contribution in [3.8, 4) is 0 Å². The van der Waals surface area contributed by atoms with E-state index >= 15 is 0 Å². The smallest absolute Gasteiger partial charge is 0.182 e. The van der Waals surface area contributed by atoms with Crippen LogP contribution in [0.4, 0.5) is 0 Å². The number of hydrogen-bond donors (Lipinski definition) is 1. The van der Waals surface area contributed by atoms with E-state index in [9.17, 15) is 4.79 Å². The highest BCUT2D eigenvalue weighted by atomic mass is 79.9. The van der Waals surface area contributed by atoms with E-state index in [1.165, 1.54) is 0 Å². The zero-order valence-corrected chi connectivity index (χ0v) is 21.7. The normalized spacial score (nSPS) is 11.0. The van der Waals surface area contributed by atoms with E-state index in [1.54, 1.807) is 35.9 Å². The van der Waals surface area contributed by atoms with E-state index in [1.807, 2.05) is 26.0 Å². The minimum atomic E-state index is 0.105.